The molecular formula is C76H87BBr3ClK2O32. The van der Waals surface area contributed by atoms with Gasteiger partial charge in [0.15, 0.2) is 6.61 Å². The minimum absolute atomic E-state index is 0. The number of hydrogen-bond donors (Lipinski definition) is 2. The molecule has 616 valence electrons. The first kappa shape index (κ1) is 109. The van der Waals surface area contributed by atoms with Crippen molar-refractivity contribution in [1.82, 2.24) is 0 Å². The van der Waals surface area contributed by atoms with E-state index in [-0.39, 0.29) is 199 Å². The molecule has 0 fully saturated rings. The van der Waals surface area contributed by atoms with Crippen LogP contribution in [-0.2, 0) is 71.5 Å². The molecule has 0 radical (unpaired) electrons. The van der Waals surface area contributed by atoms with Gasteiger partial charge in [0.05, 0.1) is 88.4 Å². The molecule has 115 heavy (non-hydrogen) atoms. The molecular weight excluding hydrogens is 1790 g/mol. The van der Waals surface area contributed by atoms with Gasteiger partial charge >= 0.3 is 154 Å². The molecule has 1 unspecified atom stereocenters. The van der Waals surface area contributed by atoms with Crippen LogP contribution >= 0.6 is 58.9 Å². The van der Waals surface area contributed by atoms with Crippen molar-refractivity contribution < 1.29 is 257 Å². The molecule has 0 saturated carbocycles. The number of phenols is 2. The number of Topliss-reactive ketones (excluding diaryl/α,β-unsaturated/α-hetero) is 1. The van der Waals surface area contributed by atoms with Crippen molar-refractivity contribution in [3.05, 3.63) is 162 Å². The van der Waals surface area contributed by atoms with Gasteiger partial charge in [-0.05, 0) is 128 Å². The Hall–Kier alpha value is -7.93. The average Bonchev–Trinajstić information content (AvgIpc) is 1.63. The third-order valence-electron chi connectivity index (χ3n) is 12.9. The normalized spacial score (nSPS) is 9.72. The number of carbonyl (C=O) groups excluding carboxylic acids is 10. The van der Waals surface area contributed by atoms with Crippen molar-refractivity contribution in [3.8, 4) is 51.7 Å². The Kier molecular flexibility index (Phi) is 60.9. The third-order valence-corrected chi connectivity index (χ3v) is 13.1. The van der Waals surface area contributed by atoms with E-state index in [0.717, 1.165) is 5.39 Å². The summed E-state index contributed by atoms with van der Waals surface area (Å²) in [6.07, 6.45) is 1.02. The predicted octanol–water partition coefficient (Wildman–Crippen LogP) is 7.40. The molecule has 0 aliphatic carbocycles. The third kappa shape index (κ3) is 42.2. The van der Waals surface area contributed by atoms with E-state index in [1.54, 1.807) is 180 Å². The number of rotatable bonds is 27. The van der Waals surface area contributed by atoms with Gasteiger partial charge in [-0.3, -0.25) is 14.4 Å². The van der Waals surface area contributed by atoms with Crippen molar-refractivity contribution in [1.29, 1.82) is 0 Å². The summed E-state index contributed by atoms with van der Waals surface area (Å²) in [4.78, 5) is 115. The largest absolute Gasteiger partial charge is 1.00 e. The van der Waals surface area contributed by atoms with E-state index in [9.17, 15) is 48.3 Å². The summed E-state index contributed by atoms with van der Waals surface area (Å²) in [5.41, 5.74) is 2.35. The fraction of sp³-hybridized carbons (Fsp3) is 0.316. The van der Waals surface area contributed by atoms with Crippen LogP contribution in [0.5, 0.6) is 51.7 Å². The van der Waals surface area contributed by atoms with E-state index in [0.29, 0.717) is 99.6 Å². The van der Waals surface area contributed by atoms with E-state index in [4.69, 9.17) is 102 Å². The second kappa shape index (κ2) is 64.2. The molecule has 0 aliphatic heterocycles. The maximum atomic E-state index is 12.1. The number of esters is 8. The number of furan rings is 3. The van der Waals surface area contributed by atoms with Gasteiger partial charge in [0, 0.05) is 52.6 Å². The van der Waals surface area contributed by atoms with E-state index in [1.165, 1.54) is 51.0 Å². The van der Waals surface area contributed by atoms with Crippen molar-refractivity contribution in [3.63, 3.8) is 0 Å². The number of alkyl halides is 1. The van der Waals surface area contributed by atoms with E-state index in [1.807, 2.05) is 0 Å². The van der Waals surface area contributed by atoms with Gasteiger partial charge in [0.2, 0.25) is 5.76 Å². The number of ether oxygens (including phenoxy) is 15. The maximum absolute atomic E-state index is 12.1. The number of hydrogen-bond acceptors (Lipinski definition) is 32. The van der Waals surface area contributed by atoms with Gasteiger partial charge in [-0.15, -0.1) is 58.9 Å². The van der Waals surface area contributed by atoms with Gasteiger partial charge < -0.3 is 106 Å². The smallest absolute Gasteiger partial charge is 1.00 e. The second-order valence-electron chi connectivity index (χ2n) is 20.3. The molecule has 0 bridgehead atoms. The maximum Gasteiger partial charge on any atom is 1.00 e. The van der Waals surface area contributed by atoms with Crippen molar-refractivity contribution >= 4 is 155 Å². The summed E-state index contributed by atoms with van der Waals surface area (Å²) in [5.74, 6) is -2.06. The van der Waals surface area contributed by atoms with E-state index in [2.05, 4.69) is 61.6 Å². The first-order chi connectivity index (χ1) is 54.2. The van der Waals surface area contributed by atoms with Gasteiger partial charge in [0.25, 0.3) is 18.4 Å². The summed E-state index contributed by atoms with van der Waals surface area (Å²) in [7, 11) is 7.70. The number of aromatic hydroxyl groups is 2. The minimum atomic E-state index is -1.72. The number of fused-ring (bicyclic) bond motifs is 3. The SMILES string of the molecule is BrB(Br)Br.CCOC(=O)C(=O)C(Oc1cccc(OC)c1)C(=O)OCC.CCOC(=O)CCl.CCOC(=O)COc1cccc(OC)c1.CCOC(=O)c1coc2cc(O)ccc12.CCOC(=O)c1coc2cc(OC)ccc12.CCOC(=O)c1oc2cc(OC)ccc2c1C(=O)OCC.COc1cccc(O)c1.O=CO[O-].[H-].[K+].[K+]. The van der Waals surface area contributed by atoms with Crippen LogP contribution in [0.25, 0.3) is 32.9 Å². The first-order valence-electron chi connectivity index (χ1n) is 33.5. The Morgan fingerprint density at radius 1 is 0.470 bits per heavy atom. The zero-order valence-corrected chi connectivity index (χ0v) is 77.5. The summed E-state index contributed by atoms with van der Waals surface area (Å²) in [6.45, 7) is 15.1. The fourth-order valence-corrected chi connectivity index (χ4v) is 8.31. The monoisotopic (exact) mass is 1870 g/mol. The quantitative estimate of drug-likeness (QED) is 0.00582. The predicted molar refractivity (Wildman–Crippen MR) is 421 cm³/mol. The molecule has 6 aromatic carbocycles. The van der Waals surface area contributed by atoms with Gasteiger partial charge in [-0.2, -0.15) is 0 Å². The van der Waals surface area contributed by atoms with Crippen LogP contribution in [0.1, 0.15) is 98.4 Å². The molecule has 3 aromatic heterocycles. The second-order valence-corrected chi connectivity index (χ2v) is 27.0. The standard InChI is InChI=1S/C15H18O7.C15H16O6.C12H12O4.C11H10O4.C11H14O4.C7H8O2.C4H7ClO2.CH2O3.BBr3.2K.H/c1-4-20-14(17)12(16)13(15(18)21-5-2)22-11-8-6-7-10(9-11)19-3;1-4-19-14(16)12-10-7-6-9(18-3)8-11(10)21-13(12)15(17)20-5-2;1-3-15-12(13)10-7-16-11-6-8(14-2)4-5-9(10)11;1-2-14-11(13)9-6-15-10-5-7(12)3-4-8(9)10;1-3-14-11(12)8-15-10-6-4-5-9(7-10)13-2;1-9-7-4-2-3-6(8)5-7;1-2-7-4(6)3-5;2-1-4-3;2-1(3)4;;;/h6-9,13H,4-5H2,1-3H3;6-8H,4-5H2,1-3H3;4-7H,3H2,1-2H3;3-6,12H,2H2,1H3;4-7H,3,8H2,1-2H3;2-5,8H,1H3;2-3H2,1H3;1,3H;;;;/q;;;;;;;;;2*+1;-1/p-1. The van der Waals surface area contributed by atoms with Crippen LogP contribution < -0.4 is 141 Å². The van der Waals surface area contributed by atoms with Crippen LogP contribution in [0.15, 0.2) is 153 Å². The molecule has 0 saturated heterocycles. The molecule has 0 spiro atoms. The average molecular weight is 1880 g/mol. The molecule has 9 rings (SSSR count). The molecule has 1 atom stereocenters. The van der Waals surface area contributed by atoms with Crippen molar-refractivity contribution in [2.24, 2.45) is 0 Å². The number of methoxy groups -OCH3 is 5. The Labute approximate surface area is 779 Å². The number of benzene rings is 6. The van der Waals surface area contributed by atoms with Gasteiger partial charge in [0.1, 0.15) is 104 Å². The Balaban J connectivity index is -0.00000128. The van der Waals surface area contributed by atoms with Crippen LogP contribution in [0.4, 0.5) is 0 Å². The Morgan fingerprint density at radius 3 is 1.30 bits per heavy atom. The fourth-order valence-electron chi connectivity index (χ4n) is 8.23. The summed E-state index contributed by atoms with van der Waals surface area (Å²) in [5, 5.41) is 28.4. The molecule has 2 N–H and O–H groups in total. The molecule has 39 heteroatoms. The molecule has 0 amide bonds. The number of carbonyl (C=O) groups is 10. The zero-order chi connectivity index (χ0) is 84.8. The topological polar surface area (TPSA) is 421 Å². The van der Waals surface area contributed by atoms with Crippen LogP contribution in [0.3, 0.4) is 0 Å². The molecule has 9 aromatic rings. The number of ketones is 1. The number of phenolic OH excluding ortho intramolecular Hbond substituents is 2. The van der Waals surface area contributed by atoms with Crippen LogP contribution in [0, 0.1) is 0 Å². The zero-order valence-electron chi connectivity index (χ0n) is 66.7. The van der Waals surface area contributed by atoms with E-state index >= 15 is 0 Å². The summed E-state index contributed by atoms with van der Waals surface area (Å²) < 4.78 is 89.9. The van der Waals surface area contributed by atoms with E-state index < -0.39 is 41.7 Å². The molecule has 32 nitrogen and oxygen atoms in total. The van der Waals surface area contributed by atoms with Crippen molar-refractivity contribution in [2.45, 2.75) is 61.5 Å². The van der Waals surface area contributed by atoms with Gasteiger partial charge in [-0.25, -0.2) is 33.6 Å². The van der Waals surface area contributed by atoms with Crippen LogP contribution in [-0.4, -0.2) is 180 Å². The number of halogens is 4. The summed E-state index contributed by atoms with van der Waals surface area (Å²) in [6, 6.07) is 34.8. The molecule has 0 aliphatic rings. The Morgan fingerprint density at radius 2 is 0.852 bits per heavy atom. The van der Waals surface area contributed by atoms with Crippen molar-refractivity contribution in [2.75, 3.05) is 101 Å². The molecule has 3 heterocycles. The summed E-state index contributed by atoms with van der Waals surface area (Å²) >= 11 is 14.4. The minimum Gasteiger partial charge on any atom is -1.00 e. The Bertz CT molecular complexity index is 4410. The van der Waals surface area contributed by atoms with Gasteiger partial charge in [-0.1, -0.05) is 18.2 Å². The van der Waals surface area contributed by atoms with Crippen LogP contribution in [0.2, 0.25) is 0 Å². The first-order valence-corrected chi connectivity index (χ1v) is 36.8.